The number of nitrogens with zero attached hydrogens (tertiary/aromatic N) is 3. The van der Waals surface area contributed by atoms with Crippen molar-refractivity contribution >= 4 is 5.91 Å². The van der Waals surface area contributed by atoms with Gasteiger partial charge in [-0.05, 0) is 31.2 Å². The maximum absolute atomic E-state index is 12.7. The van der Waals surface area contributed by atoms with Crippen molar-refractivity contribution in [3.8, 4) is 0 Å². The van der Waals surface area contributed by atoms with E-state index in [0.29, 0.717) is 19.0 Å². The highest BCUT2D eigenvalue weighted by Crippen LogP contribution is 2.29. The molecule has 2 aliphatic heterocycles. The lowest BCUT2D eigenvalue weighted by atomic mass is 10.0. The highest BCUT2D eigenvalue weighted by atomic mass is 16.2. The molecule has 158 valence electrons. The van der Waals surface area contributed by atoms with Crippen LogP contribution < -0.4 is 5.56 Å². The molecule has 2 aromatic rings. The summed E-state index contributed by atoms with van der Waals surface area (Å²) in [6, 6.07) is 10.5. The standard InChI is InChI=1S/C24H30N4O2/c29-22(14-17-6-2-1-3-7-17)28-12-10-18(15-28)23-25-21-16-27(19-8-4-5-9-19)13-11-20(21)24(30)26-23/h1-3,6-7,18-19H,4-5,8-16H2,(H,25,26,30)/t18-/m0/s1. The summed E-state index contributed by atoms with van der Waals surface area (Å²) in [6.45, 7) is 3.12. The van der Waals surface area contributed by atoms with Crippen molar-refractivity contribution in [2.75, 3.05) is 19.6 Å². The second-order valence-electron chi connectivity index (χ2n) is 9.02. The summed E-state index contributed by atoms with van der Waals surface area (Å²) in [6.07, 6.45) is 7.25. The van der Waals surface area contributed by atoms with Crippen molar-refractivity contribution in [3.63, 3.8) is 0 Å². The lowest BCUT2D eigenvalue weighted by Crippen LogP contribution is -2.41. The average molecular weight is 407 g/mol. The van der Waals surface area contributed by atoms with Crippen LogP contribution in [0, 0.1) is 0 Å². The van der Waals surface area contributed by atoms with E-state index in [0.717, 1.165) is 55.1 Å². The molecule has 5 rings (SSSR count). The van der Waals surface area contributed by atoms with Crippen LogP contribution in [0.3, 0.4) is 0 Å². The number of hydrogen-bond acceptors (Lipinski definition) is 4. The predicted molar refractivity (Wildman–Crippen MR) is 115 cm³/mol. The molecule has 0 unspecified atom stereocenters. The Balaban J connectivity index is 1.28. The highest BCUT2D eigenvalue weighted by Gasteiger charge is 2.32. The predicted octanol–water partition coefficient (Wildman–Crippen LogP) is 2.63. The van der Waals surface area contributed by atoms with Gasteiger partial charge in [0.25, 0.3) is 5.56 Å². The number of rotatable bonds is 4. The molecule has 1 aromatic heterocycles. The Labute approximate surface area is 177 Å². The monoisotopic (exact) mass is 406 g/mol. The Bertz CT molecular complexity index is 965. The first-order valence-electron chi connectivity index (χ1n) is 11.3. The topological polar surface area (TPSA) is 69.3 Å². The van der Waals surface area contributed by atoms with Gasteiger partial charge in [0.05, 0.1) is 12.1 Å². The molecule has 1 atom stereocenters. The van der Waals surface area contributed by atoms with Crippen molar-refractivity contribution < 1.29 is 4.79 Å². The number of hydrogen-bond donors (Lipinski definition) is 1. The first kappa shape index (κ1) is 19.5. The van der Waals surface area contributed by atoms with E-state index in [1.54, 1.807) is 0 Å². The van der Waals surface area contributed by atoms with Crippen LogP contribution in [0.25, 0.3) is 0 Å². The van der Waals surface area contributed by atoms with Crippen LogP contribution in [0.5, 0.6) is 0 Å². The van der Waals surface area contributed by atoms with Gasteiger partial charge in [-0.25, -0.2) is 4.98 Å². The fourth-order valence-corrected chi connectivity index (χ4v) is 5.35. The van der Waals surface area contributed by atoms with Gasteiger partial charge in [-0.1, -0.05) is 43.2 Å². The van der Waals surface area contributed by atoms with Gasteiger partial charge in [0, 0.05) is 43.7 Å². The summed E-state index contributed by atoms with van der Waals surface area (Å²) in [5.41, 5.74) is 2.89. The number of amides is 1. The van der Waals surface area contributed by atoms with Crippen LogP contribution >= 0.6 is 0 Å². The van der Waals surface area contributed by atoms with Gasteiger partial charge < -0.3 is 9.88 Å². The first-order chi connectivity index (χ1) is 14.7. The summed E-state index contributed by atoms with van der Waals surface area (Å²) < 4.78 is 0. The van der Waals surface area contributed by atoms with Crippen LogP contribution in [-0.2, 0) is 24.2 Å². The van der Waals surface area contributed by atoms with Gasteiger partial charge in [0.15, 0.2) is 0 Å². The number of benzene rings is 1. The number of aromatic amines is 1. The molecule has 1 saturated heterocycles. The summed E-state index contributed by atoms with van der Waals surface area (Å²) in [5, 5.41) is 0. The molecule has 0 spiro atoms. The van der Waals surface area contributed by atoms with Crippen LogP contribution in [0.4, 0.5) is 0 Å². The summed E-state index contributed by atoms with van der Waals surface area (Å²) in [5.74, 6) is 1.03. The van der Waals surface area contributed by atoms with Gasteiger partial charge in [-0.3, -0.25) is 14.5 Å². The summed E-state index contributed by atoms with van der Waals surface area (Å²) in [4.78, 5) is 37.8. The van der Waals surface area contributed by atoms with Crippen molar-refractivity contribution in [3.05, 3.63) is 63.3 Å². The van der Waals surface area contributed by atoms with E-state index in [2.05, 4.69) is 9.88 Å². The lowest BCUT2D eigenvalue weighted by molar-refractivity contribution is -0.129. The SMILES string of the molecule is O=C(Cc1ccccc1)N1CC[C@H](c2nc3c(c(=O)[nH]2)CCN(C2CCCC2)C3)C1. The Morgan fingerprint density at radius 1 is 1.10 bits per heavy atom. The molecular weight excluding hydrogens is 376 g/mol. The maximum atomic E-state index is 12.7. The molecular formula is C24H30N4O2. The minimum Gasteiger partial charge on any atom is -0.342 e. The van der Waals surface area contributed by atoms with E-state index in [9.17, 15) is 9.59 Å². The van der Waals surface area contributed by atoms with Gasteiger partial charge in [0.1, 0.15) is 5.82 Å². The van der Waals surface area contributed by atoms with E-state index >= 15 is 0 Å². The van der Waals surface area contributed by atoms with E-state index in [-0.39, 0.29) is 17.4 Å². The Hall–Kier alpha value is -2.47. The fraction of sp³-hybridized carbons (Fsp3) is 0.542. The van der Waals surface area contributed by atoms with E-state index < -0.39 is 0 Å². The minimum atomic E-state index is 0.0233. The number of fused-ring (bicyclic) bond motifs is 1. The zero-order valence-electron chi connectivity index (χ0n) is 17.5. The van der Waals surface area contributed by atoms with Crippen LogP contribution in [0.15, 0.2) is 35.1 Å². The van der Waals surface area contributed by atoms with E-state index in [4.69, 9.17) is 4.98 Å². The van der Waals surface area contributed by atoms with Crippen LogP contribution in [0.2, 0.25) is 0 Å². The smallest absolute Gasteiger partial charge is 0.254 e. The Morgan fingerprint density at radius 2 is 1.90 bits per heavy atom. The van der Waals surface area contributed by atoms with E-state index in [1.807, 2.05) is 35.2 Å². The van der Waals surface area contributed by atoms with Crippen molar-refractivity contribution in [1.29, 1.82) is 0 Å². The average Bonchev–Trinajstić information content (AvgIpc) is 3.46. The number of aromatic nitrogens is 2. The molecule has 0 bridgehead atoms. The number of carbonyl (C=O) groups excluding carboxylic acids is 1. The number of carbonyl (C=O) groups is 1. The molecule has 1 aromatic carbocycles. The van der Waals surface area contributed by atoms with Gasteiger partial charge in [0.2, 0.25) is 5.91 Å². The van der Waals surface area contributed by atoms with Crippen molar-refractivity contribution in [2.24, 2.45) is 0 Å². The summed E-state index contributed by atoms with van der Waals surface area (Å²) in [7, 11) is 0. The van der Waals surface area contributed by atoms with Gasteiger partial charge in [-0.15, -0.1) is 0 Å². The third-order valence-corrected chi connectivity index (χ3v) is 7.09. The van der Waals surface area contributed by atoms with Crippen LogP contribution in [-0.4, -0.2) is 51.4 Å². The second kappa shape index (κ2) is 8.34. The van der Waals surface area contributed by atoms with Gasteiger partial charge >= 0.3 is 0 Å². The molecule has 30 heavy (non-hydrogen) atoms. The van der Waals surface area contributed by atoms with Crippen LogP contribution in [0.1, 0.15) is 60.7 Å². The second-order valence-corrected chi connectivity index (χ2v) is 9.02. The molecule has 1 saturated carbocycles. The normalized spacial score (nSPS) is 22.4. The van der Waals surface area contributed by atoms with Crippen molar-refractivity contribution in [1.82, 2.24) is 19.8 Å². The molecule has 6 nitrogen and oxygen atoms in total. The fourth-order valence-electron chi connectivity index (χ4n) is 5.35. The Kier molecular flexibility index (Phi) is 5.42. The highest BCUT2D eigenvalue weighted by molar-refractivity contribution is 5.79. The first-order valence-corrected chi connectivity index (χ1v) is 11.3. The molecule has 1 aliphatic carbocycles. The van der Waals surface area contributed by atoms with Gasteiger partial charge in [-0.2, -0.15) is 0 Å². The number of likely N-dealkylation sites (tertiary alicyclic amines) is 1. The zero-order chi connectivity index (χ0) is 20.5. The molecule has 6 heteroatoms. The van der Waals surface area contributed by atoms with E-state index in [1.165, 1.54) is 25.7 Å². The van der Waals surface area contributed by atoms with Crippen molar-refractivity contribution in [2.45, 2.75) is 63.5 Å². The third kappa shape index (κ3) is 3.93. The molecule has 3 heterocycles. The number of nitrogens with one attached hydrogen (secondary N) is 1. The largest absolute Gasteiger partial charge is 0.342 e. The third-order valence-electron chi connectivity index (χ3n) is 7.09. The lowest BCUT2D eigenvalue weighted by Gasteiger charge is -2.32. The summed E-state index contributed by atoms with van der Waals surface area (Å²) >= 11 is 0. The molecule has 1 amide bonds. The Morgan fingerprint density at radius 3 is 2.70 bits per heavy atom. The molecule has 1 N–H and O–H groups in total. The molecule has 0 radical (unpaired) electrons. The quantitative estimate of drug-likeness (QED) is 0.848. The molecule has 3 aliphatic rings. The maximum Gasteiger partial charge on any atom is 0.254 e. The number of H-pyrrole nitrogens is 1. The minimum absolute atomic E-state index is 0.0233. The molecule has 2 fully saturated rings. The zero-order valence-corrected chi connectivity index (χ0v) is 17.5.